The lowest BCUT2D eigenvalue weighted by Crippen LogP contribution is -2.03. The fourth-order valence-electron chi connectivity index (χ4n) is 10.3. The Labute approximate surface area is 718 Å². The van der Waals surface area contributed by atoms with E-state index in [-0.39, 0.29) is 85.5 Å². The normalized spacial score (nSPS) is 10.6. The summed E-state index contributed by atoms with van der Waals surface area (Å²) in [5.41, 5.74) is 41.6. The molecule has 0 spiro atoms. The van der Waals surface area contributed by atoms with E-state index in [0.29, 0.717) is 71.6 Å². The molecule has 29 nitrogen and oxygen atoms in total. The molecular formula is C80H64Cl3F5N28OS4. The first-order chi connectivity index (χ1) is 58.4. The maximum atomic E-state index is 14.5. The van der Waals surface area contributed by atoms with Crippen LogP contribution in [0.25, 0.3) is 10.8 Å². The molecule has 0 aliphatic rings. The van der Waals surface area contributed by atoms with E-state index in [1.807, 2.05) is 72.8 Å². The van der Waals surface area contributed by atoms with Crippen LogP contribution in [0.4, 0.5) is 127 Å². The van der Waals surface area contributed by atoms with Crippen molar-refractivity contribution in [1.29, 1.82) is 0 Å². The molecule has 6 aromatic carbocycles. The Hall–Kier alpha value is -14.2. The molecular weight excluding hydrogens is 1700 g/mol. The Balaban J connectivity index is 0.000000139. The minimum absolute atomic E-state index is 0.0309. The van der Waals surface area contributed by atoms with Crippen LogP contribution in [0, 0.1) is 29.1 Å². The van der Waals surface area contributed by atoms with Crippen molar-refractivity contribution in [3.8, 4) is 11.5 Å². The average Bonchev–Trinajstić information content (AvgIpc) is 0.830. The lowest BCUT2D eigenvalue weighted by atomic mass is 10.1. The van der Waals surface area contributed by atoms with E-state index in [1.165, 1.54) is 78.1 Å². The van der Waals surface area contributed by atoms with Gasteiger partial charge in [0, 0.05) is 179 Å². The molecule has 0 atom stereocenters. The quantitative estimate of drug-likeness (QED) is 0.0235. The number of fused-ring (bicyclic) bond motifs is 1. The molecule has 0 bridgehead atoms. The molecule has 10 aromatic heterocycles. The summed E-state index contributed by atoms with van der Waals surface area (Å²) in [6, 6.07) is 51.8. The van der Waals surface area contributed by atoms with Gasteiger partial charge in [-0.2, -0.15) is 39.9 Å². The number of hydrogen-bond acceptors (Lipinski definition) is 33. The van der Waals surface area contributed by atoms with Crippen LogP contribution < -0.4 is 76.8 Å². The van der Waals surface area contributed by atoms with Crippen LogP contribution in [0.3, 0.4) is 0 Å². The molecule has 10 heterocycles. The number of pyridine rings is 5. The van der Waals surface area contributed by atoms with Gasteiger partial charge in [-0.15, -0.1) is 0 Å². The second kappa shape index (κ2) is 41.8. The summed E-state index contributed by atoms with van der Waals surface area (Å²) in [5.74, 6) is 1.38. The average molecular weight is 1760 g/mol. The zero-order valence-electron chi connectivity index (χ0n) is 62.5. The molecule has 0 radical (unpaired) electrons. The smallest absolute Gasteiger partial charge is 0.223 e. The predicted molar refractivity (Wildman–Crippen MR) is 469 cm³/mol. The topological polar surface area (TPSA) is 457 Å². The maximum Gasteiger partial charge on any atom is 0.223 e. The van der Waals surface area contributed by atoms with Gasteiger partial charge in [-0.3, -0.25) is 24.9 Å². The number of benzene rings is 6. The van der Waals surface area contributed by atoms with Crippen molar-refractivity contribution in [2.75, 3.05) is 79.1 Å². The summed E-state index contributed by atoms with van der Waals surface area (Å²) < 4.78 is 77.4. The van der Waals surface area contributed by atoms with Crippen LogP contribution in [0.1, 0.15) is 0 Å². The fraction of sp³-hybridized carbons (Fsp3) is 0.0125. The molecule has 0 saturated heterocycles. The Morgan fingerprint density at radius 3 is 1.11 bits per heavy atom. The number of anilines is 18. The zero-order valence-corrected chi connectivity index (χ0v) is 68.0. The fourth-order valence-corrected chi connectivity index (χ4v) is 14.2. The minimum atomic E-state index is -0.701. The van der Waals surface area contributed by atoms with Crippen molar-refractivity contribution in [3.05, 3.63) is 294 Å². The third-order valence-corrected chi connectivity index (χ3v) is 20.5. The van der Waals surface area contributed by atoms with Crippen molar-refractivity contribution >= 4 is 197 Å². The van der Waals surface area contributed by atoms with Crippen LogP contribution in [-0.4, -0.2) is 81.8 Å². The molecule has 0 amide bonds. The molecule has 20 N–H and O–H groups in total. The highest BCUT2D eigenvalue weighted by Crippen LogP contribution is 2.39. The number of halogens is 8. The van der Waals surface area contributed by atoms with E-state index in [9.17, 15) is 22.0 Å². The summed E-state index contributed by atoms with van der Waals surface area (Å²) in [5, 5.41) is 20.4. The second-order valence-electron chi connectivity index (χ2n) is 24.3. The molecule has 0 fully saturated rings. The molecule has 16 aromatic rings. The molecule has 0 saturated carbocycles. The summed E-state index contributed by atoms with van der Waals surface area (Å²) >= 11 is 23.2. The maximum absolute atomic E-state index is 14.5. The number of nitrogen functional groups attached to an aromatic ring is 7. The molecule has 0 aliphatic heterocycles. The first-order valence-electron chi connectivity index (χ1n) is 35.0. The number of aromatic nitrogens is 15. The van der Waals surface area contributed by atoms with Crippen LogP contribution in [-0.2, 0) is 0 Å². The number of hydrogen-bond donors (Lipinski definition) is 13. The van der Waals surface area contributed by atoms with E-state index in [4.69, 9.17) is 79.7 Å². The minimum Gasteiger partial charge on any atom is -0.454 e. The van der Waals surface area contributed by atoms with Crippen molar-refractivity contribution in [3.63, 3.8) is 0 Å². The van der Waals surface area contributed by atoms with E-state index in [0.717, 1.165) is 47.8 Å². The first kappa shape index (κ1) is 86.2. The van der Waals surface area contributed by atoms with Gasteiger partial charge in [-0.05, 0) is 140 Å². The van der Waals surface area contributed by atoms with Gasteiger partial charge in [-0.1, -0.05) is 94.0 Å². The third kappa shape index (κ3) is 26.2. The summed E-state index contributed by atoms with van der Waals surface area (Å²) in [6.45, 7) is 0. The molecule has 0 unspecified atom stereocenters. The van der Waals surface area contributed by atoms with Crippen LogP contribution >= 0.6 is 81.9 Å². The lowest BCUT2D eigenvalue weighted by Gasteiger charge is -2.11. The summed E-state index contributed by atoms with van der Waals surface area (Å²) in [7, 11) is 1.73. The Bertz CT molecular complexity index is 6010. The van der Waals surface area contributed by atoms with Gasteiger partial charge in [-0.25, -0.2) is 31.9 Å². The van der Waals surface area contributed by atoms with E-state index in [2.05, 4.69) is 107 Å². The highest BCUT2D eigenvalue weighted by molar-refractivity contribution is 8.00. The number of nitrogens with two attached hydrogens (primary N) is 7. The number of rotatable bonds is 21. The van der Waals surface area contributed by atoms with Gasteiger partial charge in [0.1, 0.15) is 85.9 Å². The first-order valence-corrected chi connectivity index (χ1v) is 39.4. The third-order valence-electron chi connectivity index (χ3n) is 15.4. The van der Waals surface area contributed by atoms with Crippen LogP contribution in [0.5, 0.6) is 11.5 Å². The van der Waals surface area contributed by atoms with Gasteiger partial charge in [0.05, 0.1) is 9.92 Å². The van der Waals surface area contributed by atoms with E-state index >= 15 is 0 Å². The van der Waals surface area contributed by atoms with Gasteiger partial charge in [0.25, 0.3) is 0 Å². The van der Waals surface area contributed by atoms with Gasteiger partial charge in [0.15, 0.2) is 11.6 Å². The second-order valence-corrected chi connectivity index (χ2v) is 29.9. The SMILES string of the molecule is CNc1cc(Nc2ccc(Sc3ccncc3)c(F)c2)nc(N)n1.Nc1cc(Nc2ccc(Oc3cccc4cnccc34)c(F)c2)nc(N)n1.Nc1cc(Nc2ccc(Sc3ccncc3)c(F)c2)nc(N)n1.Nc1nc(Cl)cc(Nc2cc(F)c(Sc3ccncc3)c(F)c2)n1.Nc1nc(Cl)cc(Nc2ccc(Sc3ccncc3)c(Cl)c2)n1. The van der Waals surface area contributed by atoms with Crippen LogP contribution in [0.2, 0.25) is 15.3 Å². The monoisotopic (exact) mass is 1760 g/mol. The number of nitrogens with one attached hydrogen (secondary N) is 6. The Morgan fingerprint density at radius 1 is 0.314 bits per heavy atom. The molecule has 121 heavy (non-hydrogen) atoms. The number of ether oxygens (including phenoxy) is 1. The van der Waals surface area contributed by atoms with Crippen molar-refractivity contribution in [2.24, 2.45) is 0 Å². The highest BCUT2D eigenvalue weighted by atomic mass is 35.5. The van der Waals surface area contributed by atoms with Crippen molar-refractivity contribution < 1.29 is 26.7 Å². The van der Waals surface area contributed by atoms with E-state index < -0.39 is 17.5 Å². The predicted octanol–water partition coefficient (Wildman–Crippen LogP) is 19.4. The largest absolute Gasteiger partial charge is 0.454 e. The van der Waals surface area contributed by atoms with Gasteiger partial charge >= 0.3 is 0 Å². The number of nitrogens with zero attached hydrogens (tertiary/aromatic N) is 15. The summed E-state index contributed by atoms with van der Waals surface area (Å²) in [6.07, 6.45) is 16.7. The standard InChI is InChI=1S/C19H15FN6O.C16H15FN6S.C15H11Cl2N5S.C15H10ClF2N5S.C15H13FN6S/c20-14-8-12(24-18-9-17(21)25-19(22)26-18)4-5-16(14)27-15-3-1-2-11-10-23-7-6-13(11)15;1-19-14-9-15(23-16(18)22-14)21-10-2-3-13(12(17)8-10)24-11-4-6-20-7-5-11;16-11-7-9(20-14-8-13(17)21-15(18)22-14)1-2-12(11)23-10-3-5-19-6-4-10;16-12-7-13(23-15(19)22-12)21-8-5-10(17)14(11(18)6-8)24-9-1-3-20-4-2-9;16-11-7-9(20-14-8-13(17)21-15(18)22-14)1-2-12(11)23-10-3-5-19-6-4-10/h1-10H,(H5,21,22,24,25,26);2-9H,1H3,(H4,18,19,21,22,23);1-8H,(H3,18,20,21,22);1-7H,(H3,19,21,22,23);1-8H,(H5,17,18,20,21,22). The zero-order chi connectivity index (χ0) is 85.3. The molecule has 0 aliphatic carbocycles. The van der Waals surface area contributed by atoms with Crippen molar-refractivity contribution in [1.82, 2.24) is 74.8 Å². The lowest BCUT2D eigenvalue weighted by molar-refractivity contribution is 0.447. The van der Waals surface area contributed by atoms with Crippen molar-refractivity contribution in [2.45, 2.75) is 39.2 Å². The molecule has 610 valence electrons. The van der Waals surface area contributed by atoms with Crippen LogP contribution in [0.15, 0.2) is 289 Å². The van der Waals surface area contributed by atoms with Gasteiger partial charge < -0.3 is 76.8 Å². The van der Waals surface area contributed by atoms with Gasteiger partial charge in [0.2, 0.25) is 29.7 Å². The molecule has 16 rings (SSSR count). The highest BCUT2D eigenvalue weighted by Gasteiger charge is 2.17. The molecule has 41 heteroatoms. The Kier molecular flexibility index (Phi) is 29.8. The summed E-state index contributed by atoms with van der Waals surface area (Å²) in [4.78, 5) is 64.4. The van der Waals surface area contributed by atoms with E-state index in [1.54, 1.807) is 141 Å². The Morgan fingerprint density at radius 2 is 0.678 bits per heavy atom.